The molecule has 0 bridgehead atoms. The molecule has 0 unspecified atom stereocenters. The van der Waals surface area contributed by atoms with Crippen LogP contribution >= 0.6 is 0 Å². The summed E-state index contributed by atoms with van der Waals surface area (Å²) in [5, 5.41) is 9.99. The Morgan fingerprint density at radius 2 is 1.79 bits per heavy atom. The second-order valence-corrected chi connectivity index (χ2v) is 8.78. The number of phenols is 1. The third kappa shape index (κ3) is 4.46. The molecule has 3 aromatic rings. The number of fused-ring (bicyclic) bond motifs is 1. The van der Waals surface area contributed by atoms with E-state index < -0.39 is 0 Å². The molecule has 0 aliphatic carbocycles. The van der Waals surface area contributed by atoms with Gasteiger partial charge in [0.2, 0.25) is 0 Å². The number of alkyl halides is 1. The van der Waals surface area contributed by atoms with Gasteiger partial charge in [0, 0.05) is 42.8 Å². The summed E-state index contributed by atoms with van der Waals surface area (Å²) >= 11 is 0. The van der Waals surface area contributed by atoms with E-state index in [1.807, 2.05) is 48.5 Å². The van der Waals surface area contributed by atoms with Crippen molar-refractivity contribution in [2.24, 2.45) is 5.92 Å². The van der Waals surface area contributed by atoms with Crippen LogP contribution in [0.4, 0.5) is 4.39 Å². The molecule has 1 N–H and O–H groups in total. The maximum Gasteiger partial charge on any atom is 0.150 e. The molecule has 170 valence electrons. The van der Waals surface area contributed by atoms with Gasteiger partial charge in [-0.05, 0) is 47.9 Å². The summed E-state index contributed by atoms with van der Waals surface area (Å²) < 4.78 is 24.9. The van der Waals surface area contributed by atoms with Crippen LogP contribution < -0.4 is 9.47 Å². The molecule has 0 spiro atoms. The van der Waals surface area contributed by atoms with E-state index >= 15 is 0 Å². The van der Waals surface area contributed by atoms with Gasteiger partial charge in [-0.15, -0.1) is 0 Å². The van der Waals surface area contributed by atoms with Gasteiger partial charge in [-0.2, -0.15) is 0 Å². The van der Waals surface area contributed by atoms with Gasteiger partial charge in [0.1, 0.15) is 30.0 Å². The fourth-order valence-electron chi connectivity index (χ4n) is 4.65. The number of allylic oxidation sites excluding steroid dienone is 1. The molecule has 5 heteroatoms. The highest BCUT2D eigenvalue weighted by molar-refractivity contribution is 5.95. The minimum Gasteiger partial charge on any atom is -0.508 e. The average molecular weight is 446 g/mol. The highest BCUT2D eigenvalue weighted by atomic mass is 19.1. The number of halogens is 1. The van der Waals surface area contributed by atoms with Gasteiger partial charge < -0.3 is 14.6 Å². The first-order chi connectivity index (χ1) is 16.1. The molecule has 2 heterocycles. The van der Waals surface area contributed by atoms with Gasteiger partial charge in [0.15, 0.2) is 0 Å². The summed E-state index contributed by atoms with van der Waals surface area (Å²) in [5.74, 6) is 1.87. The van der Waals surface area contributed by atoms with Gasteiger partial charge in [0.25, 0.3) is 0 Å². The van der Waals surface area contributed by atoms with Crippen molar-refractivity contribution in [2.75, 3.05) is 32.9 Å². The third-order valence-corrected chi connectivity index (χ3v) is 6.48. The molecule has 33 heavy (non-hydrogen) atoms. The molecule has 1 fully saturated rings. The highest BCUT2D eigenvalue weighted by Crippen LogP contribution is 2.47. The highest BCUT2D eigenvalue weighted by Gasteiger charge is 2.29. The van der Waals surface area contributed by atoms with Crippen molar-refractivity contribution < 1.29 is 19.0 Å². The fraction of sp³-hybridized carbons (Fsp3) is 0.286. The lowest BCUT2D eigenvalue weighted by Gasteiger charge is -2.37. The van der Waals surface area contributed by atoms with Crippen LogP contribution in [0.5, 0.6) is 17.2 Å². The minimum absolute atomic E-state index is 0.187. The van der Waals surface area contributed by atoms with Crippen LogP contribution in [0.1, 0.15) is 29.7 Å². The minimum atomic E-state index is -0.297. The topological polar surface area (TPSA) is 41.9 Å². The summed E-state index contributed by atoms with van der Waals surface area (Å²) in [6, 6.07) is 23.5. The second-order valence-electron chi connectivity index (χ2n) is 8.78. The van der Waals surface area contributed by atoms with Crippen LogP contribution in [0.2, 0.25) is 0 Å². The molecular formula is C28H28FNO3. The van der Waals surface area contributed by atoms with E-state index in [1.54, 1.807) is 12.1 Å². The Morgan fingerprint density at radius 3 is 2.52 bits per heavy atom. The van der Waals surface area contributed by atoms with E-state index in [-0.39, 0.29) is 24.4 Å². The van der Waals surface area contributed by atoms with Gasteiger partial charge >= 0.3 is 0 Å². The smallest absolute Gasteiger partial charge is 0.150 e. The van der Waals surface area contributed by atoms with Crippen LogP contribution in [0, 0.1) is 5.92 Å². The van der Waals surface area contributed by atoms with Gasteiger partial charge in [-0.3, -0.25) is 9.29 Å². The molecule has 0 saturated carbocycles. The molecule has 5 rings (SSSR count). The third-order valence-electron chi connectivity index (χ3n) is 6.48. The largest absolute Gasteiger partial charge is 0.508 e. The molecule has 2 aliphatic heterocycles. The number of phenolic OH excluding ortho intramolecular Hbond substituents is 1. The predicted molar refractivity (Wildman–Crippen MR) is 128 cm³/mol. The van der Waals surface area contributed by atoms with Crippen molar-refractivity contribution in [3.8, 4) is 17.2 Å². The van der Waals surface area contributed by atoms with E-state index in [1.165, 1.54) is 0 Å². The Kier molecular flexibility index (Phi) is 6.05. The zero-order valence-corrected chi connectivity index (χ0v) is 18.7. The molecule has 0 amide bonds. The summed E-state index contributed by atoms with van der Waals surface area (Å²) in [4.78, 5) is 2.21. The van der Waals surface area contributed by atoms with E-state index in [2.05, 4.69) is 24.0 Å². The molecular weight excluding hydrogens is 417 g/mol. The van der Waals surface area contributed by atoms with Crippen LogP contribution in [0.25, 0.3) is 11.1 Å². The normalized spacial score (nSPS) is 18.4. The van der Waals surface area contributed by atoms with Gasteiger partial charge in [0.05, 0.1) is 6.67 Å². The number of rotatable bonds is 7. The Balaban J connectivity index is 1.36. The summed E-state index contributed by atoms with van der Waals surface area (Å²) in [6.07, 6.45) is -0.297. The van der Waals surface area contributed by atoms with Gasteiger partial charge in [-0.1, -0.05) is 42.5 Å². The lowest BCUT2D eigenvalue weighted by atomic mass is 9.86. The number of aromatic hydroxyl groups is 1. The molecule has 3 aromatic carbocycles. The van der Waals surface area contributed by atoms with Gasteiger partial charge in [-0.25, -0.2) is 0 Å². The average Bonchev–Trinajstić information content (AvgIpc) is 2.81. The van der Waals surface area contributed by atoms with Crippen LogP contribution in [-0.2, 0) is 0 Å². The van der Waals surface area contributed by atoms with Crippen molar-refractivity contribution in [1.29, 1.82) is 0 Å². The van der Waals surface area contributed by atoms with E-state index in [9.17, 15) is 9.50 Å². The quantitative estimate of drug-likeness (QED) is 0.504. The molecule has 1 atom stereocenters. The van der Waals surface area contributed by atoms with Crippen molar-refractivity contribution >= 4 is 11.1 Å². The number of nitrogens with zero attached hydrogens (tertiary/aromatic N) is 1. The van der Waals surface area contributed by atoms with Crippen molar-refractivity contribution in [2.45, 2.75) is 13.0 Å². The molecule has 0 aromatic heterocycles. The van der Waals surface area contributed by atoms with Crippen molar-refractivity contribution in [3.05, 3.63) is 89.5 Å². The Labute approximate surface area is 193 Å². The van der Waals surface area contributed by atoms with E-state index in [4.69, 9.17) is 9.47 Å². The van der Waals surface area contributed by atoms with E-state index in [0.29, 0.717) is 12.4 Å². The summed E-state index contributed by atoms with van der Waals surface area (Å²) in [6.45, 7) is 4.91. The van der Waals surface area contributed by atoms with Crippen LogP contribution in [0.3, 0.4) is 0 Å². The maximum atomic E-state index is 12.6. The standard InChI is InChI=1S/C28H28FNO3/c1-19-25-12-9-23(31)15-26(25)33-28(27(19)21-5-3-2-4-6-21)22-7-10-24(11-8-22)32-14-13-30-17-20(16-29)18-30/h2-12,15,20,28,31H,13-14,16-18H2,1H3/t28-/m0/s1. The summed E-state index contributed by atoms with van der Waals surface area (Å²) in [7, 11) is 0. The number of benzene rings is 3. The number of likely N-dealkylation sites (tertiary alicyclic amines) is 1. The monoisotopic (exact) mass is 445 g/mol. The maximum absolute atomic E-state index is 12.6. The number of hydrogen-bond acceptors (Lipinski definition) is 4. The Hall–Kier alpha value is -3.31. The molecule has 0 radical (unpaired) electrons. The molecule has 1 saturated heterocycles. The Morgan fingerprint density at radius 1 is 1.03 bits per heavy atom. The SMILES string of the molecule is CC1=C(c2ccccc2)[C@H](c2ccc(OCCN3CC(CF)C3)cc2)Oc2cc(O)ccc21. The first-order valence-corrected chi connectivity index (χ1v) is 11.4. The number of ether oxygens (including phenoxy) is 2. The van der Waals surface area contributed by atoms with Crippen molar-refractivity contribution in [3.63, 3.8) is 0 Å². The van der Waals surface area contributed by atoms with E-state index in [0.717, 1.165) is 53.2 Å². The van der Waals surface area contributed by atoms with Crippen LogP contribution in [-0.4, -0.2) is 42.9 Å². The first kappa shape index (κ1) is 21.5. The van der Waals surface area contributed by atoms with Crippen LogP contribution in [0.15, 0.2) is 72.8 Å². The molecule has 4 nitrogen and oxygen atoms in total. The zero-order valence-electron chi connectivity index (χ0n) is 18.7. The van der Waals surface area contributed by atoms with Crippen molar-refractivity contribution in [1.82, 2.24) is 4.90 Å². The fourth-order valence-corrected chi connectivity index (χ4v) is 4.65. The first-order valence-electron chi connectivity index (χ1n) is 11.4. The molecule has 2 aliphatic rings. The lowest BCUT2D eigenvalue weighted by molar-refractivity contribution is 0.0668. The predicted octanol–water partition coefficient (Wildman–Crippen LogP) is 5.74. The lowest BCUT2D eigenvalue weighted by Crippen LogP contribution is -2.49. The summed E-state index contributed by atoms with van der Waals surface area (Å²) in [5.41, 5.74) is 5.36. The number of hydrogen-bond donors (Lipinski definition) is 1. The zero-order chi connectivity index (χ0) is 22.8. The second kappa shape index (κ2) is 9.28. The Bertz CT molecular complexity index is 1140.